The van der Waals surface area contributed by atoms with Crippen LogP contribution in [0.1, 0.15) is 12.8 Å². The maximum atomic E-state index is 5.84. The van der Waals surface area contributed by atoms with Gasteiger partial charge in [-0.3, -0.25) is 4.90 Å². The molecule has 0 aliphatic carbocycles. The Labute approximate surface area is 117 Å². The van der Waals surface area contributed by atoms with Crippen molar-refractivity contribution in [1.82, 2.24) is 4.90 Å². The molecule has 3 rings (SSSR count). The summed E-state index contributed by atoms with van der Waals surface area (Å²) in [7, 11) is 0. The van der Waals surface area contributed by atoms with Gasteiger partial charge in [-0.25, -0.2) is 0 Å². The first-order chi connectivity index (χ1) is 8.81. The standard InChI is InChI=1S/C14H19BrN2O/c15-13-3-1-2-4-14(13)16-7-8-17-9-11-5-6-12(10-17)18-11/h1-4,11-12,16H,5-10H2. The average molecular weight is 311 g/mol. The number of fused-ring (bicyclic) bond motifs is 2. The second-order valence-corrected chi connectivity index (χ2v) is 5.98. The zero-order valence-electron chi connectivity index (χ0n) is 10.4. The summed E-state index contributed by atoms with van der Waals surface area (Å²) in [5, 5.41) is 3.48. The van der Waals surface area contributed by atoms with Crippen LogP contribution >= 0.6 is 15.9 Å². The van der Waals surface area contributed by atoms with E-state index >= 15 is 0 Å². The zero-order chi connectivity index (χ0) is 12.4. The lowest BCUT2D eigenvalue weighted by atomic mass is 10.2. The van der Waals surface area contributed by atoms with Crippen LogP contribution in [0.4, 0.5) is 5.69 Å². The van der Waals surface area contributed by atoms with Gasteiger partial charge in [0, 0.05) is 36.3 Å². The summed E-state index contributed by atoms with van der Waals surface area (Å²) in [4.78, 5) is 2.52. The van der Waals surface area contributed by atoms with Gasteiger partial charge in [0.15, 0.2) is 0 Å². The summed E-state index contributed by atoms with van der Waals surface area (Å²) in [6.07, 6.45) is 3.48. The number of para-hydroxylation sites is 1. The molecule has 2 aliphatic heterocycles. The minimum atomic E-state index is 0.493. The predicted molar refractivity (Wildman–Crippen MR) is 77.0 cm³/mol. The molecule has 1 aromatic rings. The fourth-order valence-electron chi connectivity index (χ4n) is 2.84. The molecule has 3 nitrogen and oxygen atoms in total. The Bertz CT molecular complexity index is 401. The first-order valence-electron chi connectivity index (χ1n) is 6.67. The average Bonchev–Trinajstić information content (AvgIpc) is 2.71. The van der Waals surface area contributed by atoms with Crippen LogP contribution in [-0.2, 0) is 4.74 Å². The van der Waals surface area contributed by atoms with Crippen molar-refractivity contribution in [2.75, 3.05) is 31.5 Å². The van der Waals surface area contributed by atoms with Crippen LogP contribution in [0, 0.1) is 0 Å². The molecule has 2 atom stereocenters. The van der Waals surface area contributed by atoms with E-state index < -0.39 is 0 Å². The van der Waals surface area contributed by atoms with Crippen LogP contribution in [0.2, 0.25) is 0 Å². The van der Waals surface area contributed by atoms with E-state index in [0.29, 0.717) is 12.2 Å². The molecule has 2 saturated heterocycles. The Morgan fingerprint density at radius 3 is 2.67 bits per heavy atom. The van der Waals surface area contributed by atoms with E-state index in [9.17, 15) is 0 Å². The van der Waals surface area contributed by atoms with Gasteiger partial charge in [0.05, 0.1) is 12.2 Å². The van der Waals surface area contributed by atoms with Gasteiger partial charge in [0.2, 0.25) is 0 Å². The van der Waals surface area contributed by atoms with Crippen molar-refractivity contribution in [1.29, 1.82) is 0 Å². The molecule has 4 heteroatoms. The SMILES string of the molecule is Brc1ccccc1NCCN1CC2CCC(C1)O2. The molecule has 2 unspecified atom stereocenters. The van der Waals surface area contributed by atoms with Gasteiger partial charge in [-0.2, -0.15) is 0 Å². The van der Waals surface area contributed by atoms with Crippen molar-refractivity contribution < 1.29 is 4.74 Å². The molecule has 0 radical (unpaired) electrons. The van der Waals surface area contributed by atoms with Gasteiger partial charge in [0.25, 0.3) is 0 Å². The number of hydrogen-bond acceptors (Lipinski definition) is 3. The van der Waals surface area contributed by atoms with E-state index in [1.165, 1.54) is 18.5 Å². The molecule has 1 N–H and O–H groups in total. The number of hydrogen-bond donors (Lipinski definition) is 1. The van der Waals surface area contributed by atoms with Gasteiger partial charge in [-0.05, 0) is 40.9 Å². The number of likely N-dealkylation sites (tertiary alicyclic amines) is 1. The Morgan fingerprint density at radius 2 is 1.94 bits per heavy atom. The van der Waals surface area contributed by atoms with Crippen molar-refractivity contribution in [2.45, 2.75) is 25.0 Å². The molecular weight excluding hydrogens is 292 g/mol. The van der Waals surface area contributed by atoms with Crippen molar-refractivity contribution >= 4 is 21.6 Å². The first kappa shape index (κ1) is 12.5. The van der Waals surface area contributed by atoms with Crippen LogP contribution in [0.5, 0.6) is 0 Å². The van der Waals surface area contributed by atoms with E-state index in [1.54, 1.807) is 0 Å². The van der Waals surface area contributed by atoms with Crippen LogP contribution in [-0.4, -0.2) is 43.3 Å². The fourth-order valence-corrected chi connectivity index (χ4v) is 3.26. The number of rotatable bonds is 4. The third-order valence-corrected chi connectivity index (χ3v) is 4.43. The van der Waals surface area contributed by atoms with E-state index in [2.05, 4.69) is 44.3 Å². The van der Waals surface area contributed by atoms with Gasteiger partial charge >= 0.3 is 0 Å². The number of ether oxygens (including phenoxy) is 1. The molecule has 2 aliphatic rings. The van der Waals surface area contributed by atoms with Gasteiger partial charge < -0.3 is 10.1 Å². The summed E-state index contributed by atoms with van der Waals surface area (Å²) in [6.45, 7) is 4.29. The van der Waals surface area contributed by atoms with Crippen LogP contribution < -0.4 is 5.32 Å². The Hall–Kier alpha value is -0.580. The smallest absolute Gasteiger partial charge is 0.0707 e. The highest BCUT2D eigenvalue weighted by atomic mass is 79.9. The summed E-state index contributed by atoms with van der Waals surface area (Å²) in [5.74, 6) is 0. The molecule has 2 fully saturated rings. The van der Waals surface area contributed by atoms with E-state index in [0.717, 1.165) is 30.7 Å². The zero-order valence-corrected chi connectivity index (χ0v) is 12.0. The van der Waals surface area contributed by atoms with Crippen LogP contribution in [0.3, 0.4) is 0 Å². The molecular formula is C14H19BrN2O. The quantitative estimate of drug-likeness (QED) is 0.925. The van der Waals surface area contributed by atoms with Gasteiger partial charge in [-0.15, -0.1) is 0 Å². The molecule has 2 heterocycles. The fraction of sp³-hybridized carbons (Fsp3) is 0.571. The number of morpholine rings is 1. The molecule has 1 aromatic carbocycles. The van der Waals surface area contributed by atoms with Crippen LogP contribution in [0.15, 0.2) is 28.7 Å². The number of benzene rings is 1. The topological polar surface area (TPSA) is 24.5 Å². The number of nitrogens with one attached hydrogen (secondary N) is 1. The Balaban J connectivity index is 1.46. The van der Waals surface area contributed by atoms with Crippen molar-refractivity contribution in [3.05, 3.63) is 28.7 Å². The molecule has 98 valence electrons. The summed E-state index contributed by atoms with van der Waals surface area (Å²) < 4.78 is 6.97. The predicted octanol–water partition coefficient (Wildman–Crippen LogP) is 2.72. The van der Waals surface area contributed by atoms with Gasteiger partial charge in [0.1, 0.15) is 0 Å². The normalized spacial score (nSPS) is 27.4. The summed E-state index contributed by atoms with van der Waals surface area (Å²) >= 11 is 3.56. The minimum Gasteiger partial charge on any atom is -0.383 e. The Kier molecular flexibility index (Phi) is 3.87. The highest BCUT2D eigenvalue weighted by molar-refractivity contribution is 9.10. The lowest BCUT2D eigenvalue weighted by Gasteiger charge is -2.32. The first-order valence-corrected chi connectivity index (χ1v) is 7.47. The van der Waals surface area contributed by atoms with Crippen molar-refractivity contribution in [3.63, 3.8) is 0 Å². The third kappa shape index (κ3) is 2.87. The molecule has 2 bridgehead atoms. The molecule has 0 spiro atoms. The third-order valence-electron chi connectivity index (χ3n) is 3.74. The second kappa shape index (κ2) is 5.59. The summed E-state index contributed by atoms with van der Waals surface area (Å²) in [6, 6.07) is 8.27. The molecule has 0 amide bonds. The maximum absolute atomic E-state index is 5.84. The lowest BCUT2D eigenvalue weighted by molar-refractivity contribution is -0.0368. The lowest BCUT2D eigenvalue weighted by Crippen LogP contribution is -2.44. The Morgan fingerprint density at radius 1 is 1.22 bits per heavy atom. The monoisotopic (exact) mass is 310 g/mol. The molecule has 0 aromatic heterocycles. The molecule has 18 heavy (non-hydrogen) atoms. The number of halogens is 1. The maximum Gasteiger partial charge on any atom is 0.0707 e. The highest BCUT2D eigenvalue weighted by Crippen LogP contribution is 2.26. The minimum absolute atomic E-state index is 0.493. The van der Waals surface area contributed by atoms with Crippen LogP contribution in [0.25, 0.3) is 0 Å². The second-order valence-electron chi connectivity index (χ2n) is 5.12. The largest absolute Gasteiger partial charge is 0.383 e. The van der Waals surface area contributed by atoms with Crippen molar-refractivity contribution in [2.24, 2.45) is 0 Å². The molecule has 0 saturated carbocycles. The summed E-state index contributed by atoms with van der Waals surface area (Å²) in [5.41, 5.74) is 1.17. The highest BCUT2D eigenvalue weighted by Gasteiger charge is 2.33. The van der Waals surface area contributed by atoms with E-state index in [1.807, 2.05) is 6.07 Å². The van der Waals surface area contributed by atoms with E-state index in [4.69, 9.17) is 4.74 Å². The van der Waals surface area contributed by atoms with E-state index in [-0.39, 0.29) is 0 Å². The van der Waals surface area contributed by atoms with Gasteiger partial charge in [-0.1, -0.05) is 12.1 Å². The number of nitrogens with zero attached hydrogens (tertiary/aromatic N) is 1. The number of anilines is 1. The van der Waals surface area contributed by atoms with Crippen molar-refractivity contribution in [3.8, 4) is 0 Å².